The highest BCUT2D eigenvalue weighted by Crippen LogP contribution is 2.14. The van der Waals surface area contributed by atoms with Crippen LogP contribution in [0.1, 0.15) is 40.5 Å². The van der Waals surface area contributed by atoms with Crippen molar-refractivity contribution in [2.45, 2.75) is 31.8 Å². The van der Waals surface area contributed by atoms with Crippen LogP contribution in [0.4, 0.5) is 0 Å². The number of hydrogen-bond acceptors (Lipinski definition) is 4. The second-order valence-corrected chi connectivity index (χ2v) is 6.65. The van der Waals surface area contributed by atoms with Crippen molar-refractivity contribution in [2.24, 2.45) is 0 Å². The number of carbonyl (C=O) groups is 3. The summed E-state index contributed by atoms with van der Waals surface area (Å²) in [5, 5.41) is 5.60. The molecule has 0 bridgehead atoms. The van der Waals surface area contributed by atoms with E-state index in [-0.39, 0.29) is 23.8 Å². The van der Waals surface area contributed by atoms with E-state index < -0.39 is 6.04 Å². The van der Waals surface area contributed by atoms with E-state index >= 15 is 0 Å². The van der Waals surface area contributed by atoms with Gasteiger partial charge in [-0.3, -0.25) is 14.4 Å². The fourth-order valence-corrected chi connectivity index (χ4v) is 3.06. The lowest BCUT2D eigenvalue weighted by Crippen LogP contribution is -2.51. The average Bonchev–Trinajstić information content (AvgIpc) is 3.23. The summed E-state index contributed by atoms with van der Waals surface area (Å²) in [6, 6.07) is 10.1. The van der Waals surface area contributed by atoms with Crippen LogP contribution in [0.25, 0.3) is 0 Å². The van der Waals surface area contributed by atoms with E-state index in [0.29, 0.717) is 37.1 Å². The first-order chi connectivity index (χ1) is 13.0. The molecule has 1 aliphatic heterocycles. The number of benzene rings is 1. The maximum atomic E-state index is 12.5. The number of nitrogens with one attached hydrogen (secondary N) is 2. The summed E-state index contributed by atoms with van der Waals surface area (Å²) in [5.41, 5.74) is 1.05. The predicted octanol–water partition coefficient (Wildman–Crippen LogP) is 1.82. The molecule has 1 fully saturated rings. The van der Waals surface area contributed by atoms with Crippen LogP contribution in [-0.2, 0) is 4.79 Å². The minimum absolute atomic E-state index is 0.00870. The number of amides is 3. The van der Waals surface area contributed by atoms with Gasteiger partial charge in [0, 0.05) is 24.7 Å². The number of nitrogens with zero attached hydrogens (tertiary/aromatic N) is 1. The summed E-state index contributed by atoms with van der Waals surface area (Å²) < 4.78 is 4.87. The van der Waals surface area contributed by atoms with Crippen LogP contribution in [0.3, 0.4) is 0 Å². The molecule has 0 aliphatic carbocycles. The quantitative estimate of drug-likeness (QED) is 0.841. The van der Waals surface area contributed by atoms with E-state index in [9.17, 15) is 14.4 Å². The number of likely N-dealkylation sites (tertiary alicyclic amines) is 1. The minimum Gasteiger partial charge on any atom is -0.472 e. The highest BCUT2D eigenvalue weighted by molar-refractivity contribution is 5.97. The molecule has 7 heteroatoms. The molecule has 1 aromatic heterocycles. The standard InChI is InChI=1S/C20H23N3O4/c1-14(21-19(25)16-9-12-27-13-16)18(24)22-17-7-10-23(11-8-17)20(26)15-5-3-2-4-6-15/h2-6,9,12-14,17H,7-8,10-11H2,1H3,(H,21,25)(H,22,24)/t14-/m1/s1. The van der Waals surface area contributed by atoms with Gasteiger partial charge >= 0.3 is 0 Å². The van der Waals surface area contributed by atoms with Crippen LogP contribution in [0.5, 0.6) is 0 Å². The third-order valence-electron chi connectivity index (χ3n) is 4.67. The Hall–Kier alpha value is -3.09. The lowest BCUT2D eigenvalue weighted by atomic mass is 10.0. The van der Waals surface area contributed by atoms with E-state index in [1.54, 1.807) is 25.1 Å². The number of carbonyl (C=O) groups excluding carboxylic acids is 3. The summed E-state index contributed by atoms with van der Waals surface area (Å²) in [7, 11) is 0. The van der Waals surface area contributed by atoms with Crippen LogP contribution in [0.2, 0.25) is 0 Å². The van der Waals surface area contributed by atoms with Gasteiger partial charge in [0.1, 0.15) is 12.3 Å². The normalized spacial score (nSPS) is 15.8. The Bertz CT molecular complexity index is 781. The third kappa shape index (κ3) is 4.75. The average molecular weight is 369 g/mol. The van der Waals surface area contributed by atoms with Crippen LogP contribution in [0.15, 0.2) is 53.3 Å². The van der Waals surface area contributed by atoms with Gasteiger partial charge in [0.15, 0.2) is 0 Å². The van der Waals surface area contributed by atoms with Gasteiger partial charge in [-0.2, -0.15) is 0 Å². The van der Waals surface area contributed by atoms with Gasteiger partial charge in [-0.1, -0.05) is 18.2 Å². The number of piperidine rings is 1. The predicted molar refractivity (Wildman–Crippen MR) is 99.1 cm³/mol. The fourth-order valence-electron chi connectivity index (χ4n) is 3.06. The van der Waals surface area contributed by atoms with Gasteiger partial charge in [-0.05, 0) is 38.0 Å². The van der Waals surface area contributed by atoms with Crippen molar-refractivity contribution in [3.8, 4) is 0 Å². The summed E-state index contributed by atoms with van der Waals surface area (Å²) in [6.45, 7) is 2.82. The van der Waals surface area contributed by atoms with Crippen molar-refractivity contribution in [3.05, 3.63) is 60.1 Å². The van der Waals surface area contributed by atoms with Gasteiger partial charge in [0.2, 0.25) is 5.91 Å². The summed E-state index contributed by atoms with van der Waals surface area (Å²) in [6.07, 6.45) is 4.11. The molecule has 7 nitrogen and oxygen atoms in total. The van der Waals surface area contributed by atoms with Gasteiger partial charge in [-0.25, -0.2) is 0 Å². The van der Waals surface area contributed by atoms with Crippen molar-refractivity contribution < 1.29 is 18.8 Å². The first-order valence-corrected chi connectivity index (χ1v) is 9.02. The molecule has 2 N–H and O–H groups in total. The number of furan rings is 1. The molecular formula is C20H23N3O4. The zero-order valence-corrected chi connectivity index (χ0v) is 15.2. The maximum absolute atomic E-state index is 12.5. The van der Waals surface area contributed by atoms with Crippen LogP contribution in [0, 0.1) is 0 Å². The number of rotatable bonds is 5. The molecule has 27 heavy (non-hydrogen) atoms. The topological polar surface area (TPSA) is 91.7 Å². The van der Waals surface area contributed by atoms with Crippen molar-refractivity contribution in [3.63, 3.8) is 0 Å². The lowest BCUT2D eigenvalue weighted by Gasteiger charge is -2.33. The Morgan fingerprint density at radius 1 is 1.07 bits per heavy atom. The third-order valence-corrected chi connectivity index (χ3v) is 4.67. The monoisotopic (exact) mass is 369 g/mol. The minimum atomic E-state index is -0.656. The zero-order chi connectivity index (χ0) is 19.2. The van der Waals surface area contributed by atoms with Gasteiger partial charge in [-0.15, -0.1) is 0 Å². The summed E-state index contributed by atoms with van der Waals surface area (Å²) >= 11 is 0. The van der Waals surface area contributed by atoms with Crippen molar-refractivity contribution in [1.29, 1.82) is 0 Å². The van der Waals surface area contributed by atoms with Crippen LogP contribution in [-0.4, -0.2) is 47.8 Å². The Balaban J connectivity index is 1.45. The first kappa shape index (κ1) is 18.7. The van der Waals surface area contributed by atoms with Crippen molar-refractivity contribution >= 4 is 17.7 Å². The van der Waals surface area contributed by atoms with Crippen LogP contribution >= 0.6 is 0 Å². The molecule has 0 saturated carbocycles. The molecule has 142 valence electrons. The Labute approximate surface area is 157 Å². The van der Waals surface area contributed by atoms with E-state index in [1.165, 1.54) is 12.5 Å². The highest BCUT2D eigenvalue weighted by Gasteiger charge is 2.26. The Kier molecular flexibility index (Phi) is 5.90. The SMILES string of the molecule is C[C@@H](NC(=O)c1ccoc1)C(=O)NC1CCN(C(=O)c2ccccc2)CC1. The molecule has 3 rings (SSSR count). The van der Waals surface area contributed by atoms with Crippen LogP contribution < -0.4 is 10.6 Å². The number of hydrogen-bond donors (Lipinski definition) is 2. The van der Waals surface area contributed by atoms with Gasteiger partial charge in [0.05, 0.1) is 11.8 Å². The second kappa shape index (κ2) is 8.53. The molecule has 2 heterocycles. The summed E-state index contributed by atoms with van der Waals surface area (Å²) in [5.74, 6) is -0.574. The summed E-state index contributed by atoms with van der Waals surface area (Å²) in [4.78, 5) is 38.6. The smallest absolute Gasteiger partial charge is 0.255 e. The molecule has 2 aromatic rings. The first-order valence-electron chi connectivity index (χ1n) is 9.02. The van der Waals surface area contributed by atoms with Gasteiger partial charge < -0.3 is 20.0 Å². The maximum Gasteiger partial charge on any atom is 0.255 e. The van der Waals surface area contributed by atoms with E-state index in [2.05, 4.69) is 10.6 Å². The molecule has 1 saturated heterocycles. The Morgan fingerprint density at radius 2 is 1.78 bits per heavy atom. The van der Waals surface area contributed by atoms with Gasteiger partial charge in [0.25, 0.3) is 11.8 Å². The van der Waals surface area contributed by atoms with E-state index in [4.69, 9.17) is 4.42 Å². The zero-order valence-electron chi connectivity index (χ0n) is 15.2. The lowest BCUT2D eigenvalue weighted by molar-refractivity contribution is -0.123. The van der Waals surface area contributed by atoms with Crippen molar-refractivity contribution in [1.82, 2.24) is 15.5 Å². The molecule has 1 aliphatic rings. The Morgan fingerprint density at radius 3 is 2.41 bits per heavy atom. The fraction of sp³-hybridized carbons (Fsp3) is 0.350. The molecule has 0 radical (unpaired) electrons. The molecule has 1 aromatic carbocycles. The molecule has 1 atom stereocenters. The van der Waals surface area contributed by atoms with E-state index in [1.807, 2.05) is 23.1 Å². The van der Waals surface area contributed by atoms with E-state index in [0.717, 1.165) is 0 Å². The largest absolute Gasteiger partial charge is 0.472 e. The van der Waals surface area contributed by atoms with Crippen molar-refractivity contribution in [2.75, 3.05) is 13.1 Å². The molecule has 0 unspecified atom stereocenters. The second-order valence-electron chi connectivity index (χ2n) is 6.65. The highest BCUT2D eigenvalue weighted by atomic mass is 16.3. The molecule has 3 amide bonds. The molecular weight excluding hydrogens is 346 g/mol. The molecule has 0 spiro atoms.